The van der Waals surface area contributed by atoms with Gasteiger partial charge in [0.25, 0.3) is 0 Å². The lowest BCUT2D eigenvalue weighted by Crippen LogP contribution is -2.50. The smallest absolute Gasteiger partial charge is 0.0786 e. The molecule has 0 spiro atoms. The zero-order chi connectivity index (χ0) is 18.8. The average Bonchev–Trinajstić information content (AvgIpc) is 2.68. The van der Waals surface area contributed by atoms with E-state index in [-0.39, 0.29) is 0 Å². The molecule has 0 aliphatic rings. The van der Waals surface area contributed by atoms with E-state index in [4.69, 9.17) is 0 Å². The molecule has 0 N–H and O–H groups in total. The first-order valence-corrected chi connectivity index (χ1v) is 10.9. The van der Waals surface area contributed by atoms with Crippen LogP contribution in [0.25, 0.3) is 0 Å². The summed E-state index contributed by atoms with van der Waals surface area (Å²) in [5, 5.41) is 0. The van der Waals surface area contributed by atoms with Crippen molar-refractivity contribution in [2.24, 2.45) is 0 Å². The summed E-state index contributed by atoms with van der Waals surface area (Å²) in [7, 11) is 0. The molecule has 0 aromatic heterocycles. The van der Waals surface area contributed by atoms with Crippen LogP contribution in [0.5, 0.6) is 0 Å². The highest BCUT2D eigenvalue weighted by Gasteiger charge is 2.24. The van der Waals surface area contributed by atoms with Crippen LogP contribution < -0.4 is 0 Å². The predicted molar refractivity (Wildman–Crippen MR) is 115 cm³/mol. The Labute approximate surface area is 159 Å². The molecule has 0 saturated carbocycles. The van der Waals surface area contributed by atoms with Crippen molar-refractivity contribution in [2.45, 2.75) is 85.5 Å². The maximum absolute atomic E-state index is 3.76. The molecule has 0 bridgehead atoms. The Morgan fingerprint density at radius 1 is 0.640 bits per heavy atom. The summed E-state index contributed by atoms with van der Waals surface area (Å²) >= 11 is 0. The first kappa shape index (κ1) is 24.2. The molecule has 1 radical (unpaired) electrons. The maximum atomic E-state index is 3.76. The minimum Gasteiger partial charge on any atom is -0.324 e. The molecular weight excluding hydrogens is 302 g/mol. The van der Waals surface area contributed by atoms with Crippen molar-refractivity contribution in [3.8, 4) is 0 Å². The number of nitrogens with zero attached hydrogens (tertiary/aromatic N) is 1. The van der Waals surface area contributed by atoms with Crippen LogP contribution >= 0.6 is 0 Å². The van der Waals surface area contributed by atoms with Gasteiger partial charge >= 0.3 is 0 Å². The summed E-state index contributed by atoms with van der Waals surface area (Å²) in [6, 6.07) is 10.2. The van der Waals surface area contributed by atoms with Crippen molar-refractivity contribution >= 4 is 0 Å². The van der Waals surface area contributed by atoms with Crippen molar-refractivity contribution in [3.63, 3.8) is 0 Å². The predicted octanol–water partition coefficient (Wildman–Crippen LogP) is 7.07. The fourth-order valence-electron chi connectivity index (χ4n) is 3.29. The zero-order valence-electron chi connectivity index (χ0n) is 17.7. The number of unbranched alkanes of at least 4 members (excludes halogenated alkanes) is 4. The van der Waals surface area contributed by atoms with Crippen LogP contribution in [-0.4, -0.2) is 30.7 Å². The van der Waals surface area contributed by atoms with E-state index in [0.717, 1.165) is 6.42 Å². The minimum absolute atomic E-state index is 0.890. The molecular formula is C24H45N+. The van der Waals surface area contributed by atoms with Crippen molar-refractivity contribution < 1.29 is 4.48 Å². The molecule has 0 aliphatic heterocycles. The molecule has 0 heterocycles. The number of benzene rings is 1. The average molecular weight is 348 g/mol. The Morgan fingerprint density at radius 2 is 1.00 bits per heavy atom. The van der Waals surface area contributed by atoms with Crippen LogP contribution in [0.1, 0.15) is 84.6 Å². The molecule has 0 atom stereocenters. The van der Waals surface area contributed by atoms with Crippen LogP contribution in [0.15, 0.2) is 30.3 Å². The molecule has 0 fully saturated rings. The third-order valence-corrected chi connectivity index (χ3v) is 5.08. The third-order valence-electron chi connectivity index (χ3n) is 5.08. The lowest BCUT2D eigenvalue weighted by Gasteiger charge is -2.39. The highest BCUT2D eigenvalue weighted by molar-refractivity contribution is 5.14. The number of hydrogen-bond donors (Lipinski definition) is 0. The van der Waals surface area contributed by atoms with Crippen LogP contribution in [0.4, 0.5) is 0 Å². The van der Waals surface area contributed by atoms with Crippen LogP contribution in [0.3, 0.4) is 0 Å². The molecule has 1 nitrogen and oxygen atoms in total. The number of rotatable bonds is 13. The Kier molecular flexibility index (Phi) is 16.1. The fraction of sp³-hybridized carbons (Fsp3) is 0.708. The minimum atomic E-state index is 0.890. The van der Waals surface area contributed by atoms with Gasteiger partial charge in [0, 0.05) is 0 Å². The van der Waals surface area contributed by atoms with Gasteiger partial charge in [-0.05, 0) is 44.6 Å². The second kappa shape index (κ2) is 16.6. The first-order chi connectivity index (χ1) is 12.2. The summed E-state index contributed by atoms with van der Waals surface area (Å²) in [6.07, 6.45) is 12.0. The van der Waals surface area contributed by atoms with Gasteiger partial charge in [0.05, 0.1) is 26.2 Å². The third kappa shape index (κ3) is 12.2. The Balaban J connectivity index is 0.000000593. The van der Waals surface area contributed by atoms with E-state index >= 15 is 0 Å². The highest BCUT2D eigenvalue weighted by Crippen LogP contribution is 2.16. The Hall–Kier alpha value is -0.820. The first-order valence-electron chi connectivity index (χ1n) is 10.9. The second-order valence-electron chi connectivity index (χ2n) is 7.39. The van der Waals surface area contributed by atoms with E-state index in [1.165, 1.54) is 87.6 Å². The van der Waals surface area contributed by atoms with Crippen molar-refractivity contribution in [2.75, 3.05) is 26.2 Å². The molecule has 1 heteroatoms. The van der Waals surface area contributed by atoms with Gasteiger partial charge in [-0.3, -0.25) is 0 Å². The van der Waals surface area contributed by atoms with E-state index in [0.29, 0.717) is 0 Å². The molecule has 1 rings (SSSR count). The van der Waals surface area contributed by atoms with Gasteiger partial charge in [0.15, 0.2) is 0 Å². The lowest BCUT2D eigenvalue weighted by atomic mass is 10.1. The highest BCUT2D eigenvalue weighted by atomic mass is 15.3. The second-order valence-corrected chi connectivity index (χ2v) is 7.39. The van der Waals surface area contributed by atoms with Crippen LogP contribution in [0.2, 0.25) is 0 Å². The fourth-order valence-corrected chi connectivity index (χ4v) is 3.29. The molecule has 1 aromatic rings. The maximum Gasteiger partial charge on any atom is 0.0786 e. The standard InChI is InChI=1S/C16H36N.C8H9/c1-5-9-13-17(14-10-6-2,15-11-7-3)16-12-8-4;1-2-8-6-4-3-5-7-8/h5-16H2,1-4H3;3-7H,1-2H2/q+1;. The van der Waals surface area contributed by atoms with Crippen molar-refractivity contribution in [1.29, 1.82) is 0 Å². The summed E-state index contributed by atoms with van der Waals surface area (Å²) in [5.74, 6) is 0. The Morgan fingerprint density at radius 3 is 1.24 bits per heavy atom. The molecule has 1 aromatic carbocycles. The SMILES string of the molecule is CCCC[N+](CCCC)(CCCC)CCCC.[CH2]Cc1ccccc1. The molecule has 0 saturated heterocycles. The summed E-state index contributed by atoms with van der Waals surface area (Å²) in [5.41, 5.74) is 1.30. The van der Waals surface area contributed by atoms with Crippen molar-refractivity contribution in [3.05, 3.63) is 42.8 Å². The molecule has 25 heavy (non-hydrogen) atoms. The summed E-state index contributed by atoms with van der Waals surface area (Å²) in [4.78, 5) is 0. The van der Waals surface area contributed by atoms with Gasteiger partial charge in [0.1, 0.15) is 0 Å². The van der Waals surface area contributed by atoms with E-state index in [2.05, 4.69) is 46.8 Å². The van der Waals surface area contributed by atoms with Gasteiger partial charge in [-0.2, -0.15) is 0 Å². The molecule has 0 aliphatic carbocycles. The van der Waals surface area contributed by atoms with E-state index < -0.39 is 0 Å². The van der Waals surface area contributed by atoms with E-state index in [1.807, 2.05) is 18.2 Å². The van der Waals surface area contributed by atoms with Gasteiger partial charge < -0.3 is 4.48 Å². The topological polar surface area (TPSA) is 0 Å². The monoisotopic (exact) mass is 347 g/mol. The molecule has 0 unspecified atom stereocenters. The van der Waals surface area contributed by atoms with Crippen LogP contribution in [0, 0.1) is 6.92 Å². The van der Waals surface area contributed by atoms with E-state index in [9.17, 15) is 0 Å². The summed E-state index contributed by atoms with van der Waals surface area (Å²) in [6.45, 7) is 18.8. The van der Waals surface area contributed by atoms with Gasteiger partial charge in [-0.25, -0.2) is 0 Å². The normalized spacial score (nSPS) is 11.1. The zero-order valence-corrected chi connectivity index (χ0v) is 17.7. The van der Waals surface area contributed by atoms with Gasteiger partial charge in [0.2, 0.25) is 0 Å². The van der Waals surface area contributed by atoms with Crippen molar-refractivity contribution in [1.82, 2.24) is 0 Å². The van der Waals surface area contributed by atoms with Crippen LogP contribution in [-0.2, 0) is 6.42 Å². The largest absolute Gasteiger partial charge is 0.324 e. The Bertz CT molecular complexity index is 333. The summed E-state index contributed by atoms with van der Waals surface area (Å²) < 4.78 is 1.42. The molecule has 0 amide bonds. The van der Waals surface area contributed by atoms with Gasteiger partial charge in [-0.15, -0.1) is 0 Å². The molecule has 145 valence electrons. The van der Waals surface area contributed by atoms with Gasteiger partial charge in [-0.1, -0.05) is 83.7 Å². The quantitative estimate of drug-likeness (QED) is 0.335. The number of quaternary nitrogens is 1. The van der Waals surface area contributed by atoms with E-state index in [1.54, 1.807) is 0 Å². The lowest BCUT2D eigenvalue weighted by molar-refractivity contribution is -0.929. The number of hydrogen-bond acceptors (Lipinski definition) is 0.